The Bertz CT molecular complexity index is 920. The summed E-state index contributed by atoms with van der Waals surface area (Å²) in [4.78, 5) is 27.3. The predicted molar refractivity (Wildman–Crippen MR) is 131 cm³/mol. The number of nitrogens with one attached hydrogen (secondary N) is 1. The number of ether oxygens (including phenoxy) is 1. The zero-order valence-electron chi connectivity index (χ0n) is 20.2. The SMILES string of the molecule is O=C1CCCOc2ccccc2CCCCC2(CCN(C(=O)CCCn3cccn3)CC2)CN1. The number of aromatic nitrogens is 2. The molecule has 0 bridgehead atoms. The predicted octanol–water partition coefficient (Wildman–Crippen LogP) is 3.97. The highest BCUT2D eigenvalue weighted by molar-refractivity contribution is 5.76. The van der Waals surface area contributed by atoms with Gasteiger partial charge in [-0.05, 0) is 68.1 Å². The highest BCUT2D eigenvalue weighted by Gasteiger charge is 2.35. The van der Waals surface area contributed by atoms with Gasteiger partial charge >= 0.3 is 0 Å². The van der Waals surface area contributed by atoms with Crippen LogP contribution in [0.25, 0.3) is 0 Å². The van der Waals surface area contributed by atoms with Crippen LogP contribution in [0, 0.1) is 5.41 Å². The number of carbonyl (C=O) groups excluding carboxylic acids is 2. The molecule has 34 heavy (non-hydrogen) atoms. The molecule has 4 rings (SSSR count). The van der Waals surface area contributed by atoms with Crippen LogP contribution in [0.4, 0.5) is 0 Å². The number of piperidine rings is 1. The second-order valence-corrected chi connectivity index (χ2v) is 9.80. The van der Waals surface area contributed by atoms with Crippen LogP contribution in [0.2, 0.25) is 0 Å². The molecule has 0 radical (unpaired) electrons. The summed E-state index contributed by atoms with van der Waals surface area (Å²) in [5.41, 5.74) is 1.34. The Morgan fingerprint density at radius 1 is 1.06 bits per heavy atom. The van der Waals surface area contributed by atoms with Gasteiger partial charge in [0, 0.05) is 51.4 Å². The lowest BCUT2D eigenvalue weighted by Crippen LogP contribution is -2.48. The van der Waals surface area contributed by atoms with E-state index in [2.05, 4.69) is 22.5 Å². The maximum Gasteiger partial charge on any atom is 0.222 e. The van der Waals surface area contributed by atoms with Crippen molar-refractivity contribution in [3.8, 4) is 5.75 Å². The molecule has 1 spiro atoms. The molecule has 2 aliphatic heterocycles. The molecule has 7 nitrogen and oxygen atoms in total. The average molecular weight is 467 g/mol. The highest BCUT2D eigenvalue weighted by Crippen LogP contribution is 2.37. The lowest BCUT2D eigenvalue weighted by atomic mass is 9.74. The fourth-order valence-corrected chi connectivity index (χ4v) is 5.18. The van der Waals surface area contributed by atoms with E-state index in [4.69, 9.17) is 4.74 Å². The van der Waals surface area contributed by atoms with Crippen molar-refractivity contribution in [3.05, 3.63) is 48.3 Å². The third-order valence-corrected chi connectivity index (χ3v) is 7.36. The summed E-state index contributed by atoms with van der Waals surface area (Å²) in [5, 5.41) is 7.41. The van der Waals surface area contributed by atoms with E-state index in [1.54, 1.807) is 6.20 Å². The Kier molecular flexibility index (Phi) is 8.61. The van der Waals surface area contributed by atoms with E-state index >= 15 is 0 Å². The van der Waals surface area contributed by atoms with E-state index in [0.717, 1.165) is 70.3 Å². The summed E-state index contributed by atoms with van der Waals surface area (Å²) in [6.07, 6.45) is 12.5. The Balaban J connectivity index is 1.31. The number of nitrogens with zero attached hydrogens (tertiary/aromatic N) is 3. The van der Waals surface area contributed by atoms with Gasteiger partial charge in [0.1, 0.15) is 5.75 Å². The van der Waals surface area contributed by atoms with Crippen LogP contribution in [0.1, 0.15) is 63.4 Å². The number of hydrogen-bond acceptors (Lipinski definition) is 4. The lowest BCUT2D eigenvalue weighted by molar-refractivity contribution is -0.134. The fourth-order valence-electron chi connectivity index (χ4n) is 5.18. The van der Waals surface area contributed by atoms with Gasteiger partial charge in [0.15, 0.2) is 0 Å². The van der Waals surface area contributed by atoms with Crippen molar-refractivity contribution >= 4 is 11.8 Å². The molecule has 1 fully saturated rings. The first-order valence-corrected chi connectivity index (χ1v) is 12.9. The second kappa shape index (κ2) is 12.0. The molecule has 7 heteroatoms. The van der Waals surface area contributed by atoms with Crippen molar-refractivity contribution < 1.29 is 14.3 Å². The Morgan fingerprint density at radius 2 is 1.91 bits per heavy atom. The van der Waals surface area contributed by atoms with Crippen LogP contribution < -0.4 is 10.1 Å². The van der Waals surface area contributed by atoms with Crippen molar-refractivity contribution in [2.75, 3.05) is 26.2 Å². The summed E-state index contributed by atoms with van der Waals surface area (Å²) in [7, 11) is 0. The van der Waals surface area contributed by atoms with Crippen LogP contribution >= 0.6 is 0 Å². The molecule has 0 unspecified atom stereocenters. The van der Waals surface area contributed by atoms with Crippen LogP contribution in [0.3, 0.4) is 0 Å². The average Bonchev–Trinajstić information content (AvgIpc) is 3.38. The van der Waals surface area contributed by atoms with E-state index < -0.39 is 0 Å². The van der Waals surface area contributed by atoms with Crippen molar-refractivity contribution in [1.82, 2.24) is 20.0 Å². The minimum atomic E-state index is 0.0850. The molecule has 1 aromatic carbocycles. The summed E-state index contributed by atoms with van der Waals surface area (Å²) >= 11 is 0. The molecular weight excluding hydrogens is 428 g/mol. The Labute approximate surface area is 202 Å². The first-order chi connectivity index (χ1) is 16.6. The molecule has 1 aromatic heterocycles. The minimum absolute atomic E-state index is 0.0850. The van der Waals surface area contributed by atoms with Gasteiger partial charge < -0.3 is 15.0 Å². The quantitative estimate of drug-likeness (QED) is 0.740. The molecule has 0 aliphatic carbocycles. The number of benzene rings is 1. The van der Waals surface area contributed by atoms with E-state index in [1.165, 1.54) is 5.56 Å². The van der Waals surface area contributed by atoms with Crippen molar-refractivity contribution in [2.45, 2.75) is 70.8 Å². The van der Waals surface area contributed by atoms with E-state index in [9.17, 15) is 9.59 Å². The number of carbonyl (C=O) groups is 2. The first-order valence-electron chi connectivity index (χ1n) is 12.9. The number of amides is 2. The van der Waals surface area contributed by atoms with Gasteiger partial charge in [0.2, 0.25) is 11.8 Å². The molecule has 1 N–H and O–H groups in total. The number of aryl methyl sites for hydroxylation is 2. The normalized spacial score (nSPS) is 19.5. The molecule has 0 saturated carbocycles. The number of rotatable bonds is 4. The fraction of sp³-hybridized carbons (Fsp3) is 0.593. The van der Waals surface area contributed by atoms with Crippen molar-refractivity contribution in [3.63, 3.8) is 0 Å². The Morgan fingerprint density at radius 3 is 2.74 bits per heavy atom. The summed E-state index contributed by atoms with van der Waals surface area (Å²) < 4.78 is 7.83. The molecule has 184 valence electrons. The molecular formula is C27H38N4O3. The minimum Gasteiger partial charge on any atom is -0.493 e. The number of fused-ring (bicyclic) bond motifs is 1. The van der Waals surface area contributed by atoms with Crippen LogP contribution in [0.15, 0.2) is 42.7 Å². The third kappa shape index (κ3) is 6.84. The third-order valence-electron chi connectivity index (χ3n) is 7.36. The number of hydrogen-bond donors (Lipinski definition) is 1. The van der Waals surface area contributed by atoms with Gasteiger partial charge in [-0.3, -0.25) is 14.3 Å². The topological polar surface area (TPSA) is 76.5 Å². The molecule has 3 heterocycles. The number of para-hydroxylation sites is 1. The smallest absolute Gasteiger partial charge is 0.222 e. The Hall–Kier alpha value is -2.83. The largest absolute Gasteiger partial charge is 0.493 e. The molecule has 2 aliphatic rings. The molecule has 2 amide bonds. The zero-order valence-corrected chi connectivity index (χ0v) is 20.2. The van der Waals surface area contributed by atoms with Crippen LogP contribution in [-0.4, -0.2) is 52.7 Å². The van der Waals surface area contributed by atoms with Gasteiger partial charge in [-0.15, -0.1) is 0 Å². The van der Waals surface area contributed by atoms with Gasteiger partial charge in [0.05, 0.1) is 6.61 Å². The first kappa shape index (κ1) is 24.3. The van der Waals surface area contributed by atoms with Crippen LogP contribution in [-0.2, 0) is 22.6 Å². The van der Waals surface area contributed by atoms with E-state index in [1.807, 2.05) is 34.0 Å². The highest BCUT2D eigenvalue weighted by atomic mass is 16.5. The number of likely N-dealkylation sites (tertiary alicyclic amines) is 1. The summed E-state index contributed by atoms with van der Waals surface area (Å²) in [6.45, 7) is 3.62. The van der Waals surface area contributed by atoms with Gasteiger partial charge in [-0.25, -0.2) is 0 Å². The van der Waals surface area contributed by atoms with Crippen molar-refractivity contribution in [2.24, 2.45) is 5.41 Å². The molecule has 0 atom stereocenters. The summed E-state index contributed by atoms with van der Waals surface area (Å²) in [5.74, 6) is 1.29. The standard InChI is InChI=1S/C27H38N4O3/c32-25-11-6-21-34-24-10-2-1-8-23(24)9-3-4-13-27(22-28-25)14-19-30(20-15-27)26(33)12-5-17-31-18-7-16-29-31/h1-2,7-8,10,16,18H,3-6,9,11-15,17,19-22H2,(H,28,32). The van der Waals surface area contributed by atoms with Gasteiger partial charge in [0.25, 0.3) is 0 Å². The van der Waals surface area contributed by atoms with E-state index in [0.29, 0.717) is 32.4 Å². The van der Waals surface area contributed by atoms with Gasteiger partial charge in [-0.1, -0.05) is 24.6 Å². The zero-order chi connectivity index (χ0) is 23.6. The summed E-state index contributed by atoms with van der Waals surface area (Å²) in [6, 6.07) is 10.2. The molecule has 2 aromatic rings. The van der Waals surface area contributed by atoms with Crippen molar-refractivity contribution in [1.29, 1.82) is 0 Å². The van der Waals surface area contributed by atoms with Crippen LogP contribution in [0.5, 0.6) is 5.75 Å². The maximum atomic E-state index is 12.8. The van der Waals surface area contributed by atoms with Gasteiger partial charge in [-0.2, -0.15) is 5.10 Å². The monoisotopic (exact) mass is 466 g/mol. The maximum absolute atomic E-state index is 12.8. The molecule has 1 saturated heterocycles. The van der Waals surface area contributed by atoms with E-state index in [-0.39, 0.29) is 17.2 Å². The second-order valence-electron chi connectivity index (χ2n) is 9.80. The lowest BCUT2D eigenvalue weighted by Gasteiger charge is -2.42.